The molecule has 0 aromatic heterocycles. The number of nitrogens with one attached hydrogen (secondary N) is 1. The standard InChI is InChI=1S/C15H19Cl2NO/c16-13-4-1-11(9-14(13)17)15(5-7-19-8-6-15)10-18-12-2-3-12/h1,4,9,12,18H,2-3,5-8,10H2. The van der Waals surface area contributed by atoms with E-state index in [9.17, 15) is 0 Å². The highest BCUT2D eigenvalue weighted by Gasteiger charge is 2.36. The van der Waals surface area contributed by atoms with Crippen molar-refractivity contribution in [2.45, 2.75) is 37.1 Å². The van der Waals surface area contributed by atoms with Gasteiger partial charge in [0.1, 0.15) is 0 Å². The van der Waals surface area contributed by atoms with E-state index >= 15 is 0 Å². The second-order valence-electron chi connectivity index (χ2n) is 5.68. The largest absolute Gasteiger partial charge is 0.381 e. The molecule has 0 unspecified atom stereocenters. The van der Waals surface area contributed by atoms with Crippen LogP contribution in [0.2, 0.25) is 10.0 Å². The molecule has 3 rings (SSSR count). The van der Waals surface area contributed by atoms with Crippen LogP contribution in [0, 0.1) is 0 Å². The second kappa shape index (κ2) is 5.61. The molecule has 4 heteroatoms. The number of rotatable bonds is 4. The Morgan fingerprint density at radius 2 is 1.89 bits per heavy atom. The van der Waals surface area contributed by atoms with Crippen LogP contribution in [-0.2, 0) is 10.2 Å². The number of hydrogen-bond acceptors (Lipinski definition) is 2. The molecule has 1 aliphatic heterocycles. The van der Waals surface area contributed by atoms with E-state index in [0.717, 1.165) is 38.6 Å². The monoisotopic (exact) mass is 299 g/mol. The van der Waals surface area contributed by atoms with Gasteiger partial charge in [-0.3, -0.25) is 0 Å². The fraction of sp³-hybridized carbons (Fsp3) is 0.600. The molecule has 0 atom stereocenters. The lowest BCUT2D eigenvalue weighted by Crippen LogP contribution is -2.43. The third-order valence-corrected chi connectivity index (χ3v) is 5.03. The van der Waals surface area contributed by atoms with E-state index in [1.165, 1.54) is 18.4 Å². The maximum Gasteiger partial charge on any atom is 0.0595 e. The maximum atomic E-state index is 6.19. The Morgan fingerprint density at radius 3 is 2.53 bits per heavy atom. The summed E-state index contributed by atoms with van der Waals surface area (Å²) in [6, 6.07) is 6.79. The molecule has 0 radical (unpaired) electrons. The summed E-state index contributed by atoms with van der Waals surface area (Å²) in [5.74, 6) is 0. The Labute approximate surface area is 124 Å². The topological polar surface area (TPSA) is 21.3 Å². The van der Waals surface area contributed by atoms with E-state index < -0.39 is 0 Å². The zero-order valence-electron chi connectivity index (χ0n) is 10.9. The van der Waals surface area contributed by atoms with Crippen molar-refractivity contribution < 1.29 is 4.74 Å². The first-order valence-electron chi connectivity index (χ1n) is 6.96. The number of benzene rings is 1. The van der Waals surface area contributed by atoms with Gasteiger partial charge in [-0.1, -0.05) is 29.3 Å². The third-order valence-electron chi connectivity index (χ3n) is 4.29. The summed E-state index contributed by atoms with van der Waals surface area (Å²) in [6.45, 7) is 2.66. The van der Waals surface area contributed by atoms with E-state index in [1.54, 1.807) is 0 Å². The van der Waals surface area contributed by atoms with Crippen LogP contribution in [0.25, 0.3) is 0 Å². The highest BCUT2D eigenvalue weighted by atomic mass is 35.5. The molecule has 0 bridgehead atoms. The van der Waals surface area contributed by atoms with Crippen molar-refractivity contribution in [1.29, 1.82) is 0 Å². The molecule has 1 heterocycles. The fourth-order valence-electron chi connectivity index (χ4n) is 2.78. The van der Waals surface area contributed by atoms with Gasteiger partial charge >= 0.3 is 0 Å². The van der Waals surface area contributed by atoms with Crippen molar-refractivity contribution in [3.8, 4) is 0 Å². The second-order valence-corrected chi connectivity index (χ2v) is 6.49. The predicted molar refractivity (Wildman–Crippen MR) is 79.2 cm³/mol. The highest BCUT2D eigenvalue weighted by Crippen LogP contribution is 2.37. The van der Waals surface area contributed by atoms with Crippen molar-refractivity contribution in [3.05, 3.63) is 33.8 Å². The molecule has 1 aromatic carbocycles. The van der Waals surface area contributed by atoms with Gasteiger partial charge in [0.25, 0.3) is 0 Å². The van der Waals surface area contributed by atoms with Crippen LogP contribution in [0.15, 0.2) is 18.2 Å². The van der Waals surface area contributed by atoms with Gasteiger partial charge in [0, 0.05) is 31.2 Å². The molecule has 2 nitrogen and oxygen atoms in total. The first-order valence-corrected chi connectivity index (χ1v) is 7.72. The molecule has 0 amide bonds. The quantitative estimate of drug-likeness (QED) is 0.913. The fourth-order valence-corrected chi connectivity index (χ4v) is 3.08. The van der Waals surface area contributed by atoms with Crippen molar-refractivity contribution >= 4 is 23.2 Å². The van der Waals surface area contributed by atoms with Crippen LogP contribution in [0.3, 0.4) is 0 Å². The third kappa shape index (κ3) is 3.08. The van der Waals surface area contributed by atoms with Crippen molar-refractivity contribution in [2.24, 2.45) is 0 Å². The van der Waals surface area contributed by atoms with Gasteiger partial charge in [-0.15, -0.1) is 0 Å². The van der Waals surface area contributed by atoms with E-state index in [2.05, 4.69) is 11.4 Å². The molecule has 2 fully saturated rings. The Morgan fingerprint density at radius 1 is 1.16 bits per heavy atom. The average Bonchev–Trinajstić information content (AvgIpc) is 3.25. The smallest absolute Gasteiger partial charge is 0.0595 e. The molecule has 1 aromatic rings. The van der Waals surface area contributed by atoms with Crippen molar-refractivity contribution in [1.82, 2.24) is 5.32 Å². The molecular weight excluding hydrogens is 281 g/mol. The van der Waals surface area contributed by atoms with E-state index in [4.69, 9.17) is 27.9 Å². The molecule has 1 aliphatic carbocycles. The van der Waals surface area contributed by atoms with Crippen LogP contribution < -0.4 is 5.32 Å². The van der Waals surface area contributed by atoms with Gasteiger partial charge in [-0.25, -0.2) is 0 Å². The molecule has 1 saturated carbocycles. The zero-order chi connectivity index (χ0) is 13.3. The van der Waals surface area contributed by atoms with E-state index in [1.807, 2.05) is 12.1 Å². The van der Waals surface area contributed by atoms with Gasteiger partial charge in [-0.05, 0) is 43.4 Å². The normalized spacial score (nSPS) is 22.4. The summed E-state index contributed by atoms with van der Waals surface area (Å²) in [6.07, 6.45) is 4.72. The van der Waals surface area contributed by atoms with E-state index in [0.29, 0.717) is 10.0 Å². The van der Waals surface area contributed by atoms with Crippen LogP contribution in [0.4, 0.5) is 0 Å². The van der Waals surface area contributed by atoms with Crippen LogP contribution in [-0.4, -0.2) is 25.8 Å². The lowest BCUT2D eigenvalue weighted by molar-refractivity contribution is 0.0497. The van der Waals surface area contributed by atoms with Gasteiger partial charge in [0.15, 0.2) is 0 Å². The first-order chi connectivity index (χ1) is 9.20. The number of ether oxygens (including phenoxy) is 1. The van der Waals surface area contributed by atoms with Crippen LogP contribution >= 0.6 is 23.2 Å². The number of halogens is 2. The average molecular weight is 300 g/mol. The number of hydrogen-bond donors (Lipinski definition) is 1. The summed E-state index contributed by atoms with van der Waals surface area (Å²) in [5.41, 5.74) is 1.44. The minimum Gasteiger partial charge on any atom is -0.381 e. The Balaban J connectivity index is 1.85. The van der Waals surface area contributed by atoms with Crippen LogP contribution in [0.1, 0.15) is 31.2 Å². The van der Waals surface area contributed by atoms with Crippen LogP contribution in [0.5, 0.6) is 0 Å². The predicted octanol–water partition coefficient (Wildman–Crippen LogP) is 3.79. The van der Waals surface area contributed by atoms with Gasteiger partial charge in [0.2, 0.25) is 0 Å². The zero-order valence-corrected chi connectivity index (χ0v) is 12.4. The van der Waals surface area contributed by atoms with Gasteiger partial charge < -0.3 is 10.1 Å². The first kappa shape index (κ1) is 13.7. The molecule has 104 valence electrons. The molecule has 0 spiro atoms. The van der Waals surface area contributed by atoms with Gasteiger partial charge in [-0.2, -0.15) is 0 Å². The summed E-state index contributed by atoms with van der Waals surface area (Å²) in [5, 5.41) is 4.95. The van der Waals surface area contributed by atoms with E-state index in [-0.39, 0.29) is 5.41 Å². The molecule has 2 aliphatic rings. The van der Waals surface area contributed by atoms with Gasteiger partial charge in [0.05, 0.1) is 10.0 Å². The summed E-state index contributed by atoms with van der Waals surface area (Å²) < 4.78 is 5.54. The molecule has 1 N–H and O–H groups in total. The summed E-state index contributed by atoms with van der Waals surface area (Å²) in [4.78, 5) is 0. The lowest BCUT2D eigenvalue weighted by atomic mass is 9.74. The highest BCUT2D eigenvalue weighted by molar-refractivity contribution is 6.42. The lowest BCUT2D eigenvalue weighted by Gasteiger charge is -2.38. The SMILES string of the molecule is Clc1ccc(C2(CNC3CC3)CCOCC2)cc1Cl. The van der Waals surface area contributed by atoms with Crippen molar-refractivity contribution in [2.75, 3.05) is 19.8 Å². The molecule has 19 heavy (non-hydrogen) atoms. The Bertz CT molecular complexity index is 453. The van der Waals surface area contributed by atoms with Crippen molar-refractivity contribution in [3.63, 3.8) is 0 Å². The summed E-state index contributed by atoms with van der Waals surface area (Å²) in [7, 11) is 0. The molecular formula is C15H19Cl2NO. The minimum atomic E-state index is 0.148. The minimum absolute atomic E-state index is 0.148. The Hall–Kier alpha value is -0.280. The molecule has 1 saturated heterocycles. The Kier molecular flexibility index (Phi) is 4.04. The summed E-state index contributed by atoms with van der Waals surface area (Å²) >= 11 is 12.2. The maximum absolute atomic E-state index is 6.19.